The van der Waals surface area contributed by atoms with Crippen LogP contribution in [0.25, 0.3) is 21.3 Å². The van der Waals surface area contributed by atoms with Crippen molar-refractivity contribution in [2.75, 3.05) is 5.32 Å². The van der Waals surface area contributed by atoms with Crippen molar-refractivity contribution in [1.82, 2.24) is 10.3 Å². The molecule has 0 aliphatic carbocycles. The Morgan fingerprint density at radius 2 is 1.97 bits per heavy atom. The van der Waals surface area contributed by atoms with E-state index in [-0.39, 0.29) is 5.91 Å². The van der Waals surface area contributed by atoms with Gasteiger partial charge in [-0.1, -0.05) is 49.7 Å². The van der Waals surface area contributed by atoms with Gasteiger partial charge in [-0.25, -0.2) is 4.63 Å². The number of nitrogens with zero attached hydrogens (tertiary/aromatic N) is 2. The van der Waals surface area contributed by atoms with Gasteiger partial charge >= 0.3 is 0 Å². The number of hydrogen-bond acceptors (Lipinski definition) is 5. The van der Waals surface area contributed by atoms with Crippen LogP contribution in [0, 0.1) is 6.92 Å². The minimum absolute atomic E-state index is 0.294. The number of anilines is 1. The van der Waals surface area contributed by atoms with Gasteiger partial charge in [0.15, 0.2) is 5.69 Å². The maximum Gasteiger partial charge on any atom is 0.268 e. The fourth-order valence-electron chi connectivity index (χ4n) is 3.30. The summed E-state index contributed by atoms with van der Waals surface area (Å²) in [5.41, 5.74) is 4.86. The summed E-state index contributed by atoms with van der Waals surface area (Å²) in [7, 11) is 0. The Morgan fingerprint density at radius 1 is 1.14 bits per heavy atom. The highest BCUT2D eigenvalue weighted by Crippen LogP contribution is 2.37. The fraction of sp³-hybridized carbons (Fsp3) is 0.227. The number of nitrogens with one attached hydrogen (secondary N) is 1. The molecule has 7 heteroatoms. The highest BCUT2D eigenvalue weighted by Gasteiger charge is 2.22. The molecule has 1 amide bonds. The number of halogens is 1. The molecule has 2 aromatic heterocycles. The molecule has 0 bridgehead atoms. The third kappa shape index (κ3) is 3.66. The monoisotopic (exact) mass is 425 g/mol. The second-order valence-corrected chi connectivity index (χ2v) is 8.29. The number of rotatable bonds is 5. The summed E-state index contributed by atoms with van der Waals surface area (Å²) >= 11 is 7.84. The number of hydrogen-bond donors (Lipinski definition) is 1. The molecule has 4 rings (SSSR count). The Balaban J connectivity index is 1.70. The van der Waals surface area contributed by atoms with Gasteiger partial charge in [0.05, 0.1) is 5.02 Å². The third-order valence-corrected chi connectivity index (χ3v) is 6.59. The van der Waals surface area contributed by atoms with E-state index in [0.717, 1.165) is 39.6 Å². The molecule has 0 radical (unpaired) electrons. The normalized spacial score (nSPS) is 11.2. The van der Waals surface area contributed by atoms with Gasteiger partial charge in [-0.05, 0) is 58.9 Å². The van der Waals surface area contributed by atoms with Crippen LogP contribution >= 0.6 is 22.9 Å². The molecule has 5 nitrogen and oxygen atoms in total. The largest absolute Gasteiger partial charge is 0.301 e. The third-order valence-electron chi connectivity index (χ3n) is 4.93. The van der Waals surface area contributed by atoms with E-state index in [1.807, 2.05) is 25.1 Å². The Bertz CT molecular complexity index is 1210. The molecule has 0 saturated carbocycles. The molecule has 148 valence electrons. The number of aryl methyl sites for hydroxylation is 3. The van der Waals surface area contributed by atoms with E-state index < -0.39 is 0 Å². The first-order valence-electron chi connectivity index (χ1n) is 9.46. The number of fused-ring (bicyclic) bond motifs is 1. The van der Waals surface area contributed by atoms with Crippen LogP contribution in [0.4, 0.5) is 5.82 Å². The average molecular weight is 426 g/mol. The van der Waals surface area contributed by atoms with Crippen molar-refractivity contribution in [1.29, 1.82) is 0 Å². The summed E-state index contributed by atoms with van der Waals surface area (Å²) in [6, 6.07) is 12.2. The average Bonchev–Trinajstić information content (AvgIpc) is 3.31. The van der Waals surface area contributed by atoms with E-state index in [0.29, 0.717) is 21.4 Å². The Hall–Kier alpha value is -2.70. The summed E-state index contributed by atoms with van der Waals surface area (Å²) in [5, 5.41) is 12.1. The van der Waals surface area contributed by atoms with E-state index >= 15 is 0 Å². The van der Waals surface area contributed by atoms with E-state index in [1.165, 1.54) is 16.9 Å². The van der Waals surface area contributed by atoms with Gasteiger partial charge in [-0.3, -0.25) is 4.79 Å². The molecule has 0 aliphatic rings. The lowest BCUT2D eigenvalue weighted by Gasteiger charge is -2.09. The Kier molecular flexibility index (Phi) is 5.39. The summed E-state index contributed by atoms with van der Waals surface area (Å²) in [6.45, 7) is 6.19. The number of carbonyl (C=O) groups excluding carboxylic acids is 1. The van der Waals surface area contributed by atoms with Crippen LogP contribution in [0.1, 0.15) is 40.2 Å². The predicted octanol–water partition coefficient (Wildman–Crippen LogP) is 6.29. The molecule has 2 heterocycles. The molecule has 0 unspecified atom stereocenters. The first-order chi connectivity index (χ1) is 14.0. The number of amides is 1. The molecule has 0 aliphatic heterocycles. The van der Waals surface area contributed by atoms with Gasteiger partial charge < -0.3 is 5.32 Å². The van der Waals surface area contributed by atoms with Gasteiger partial charge in [-0.2, -0.15) is 0 Å². The zero-order valence-electron chi connectivity index (χ0n) is 16.4. The minimum atomic E-state index is -0.324. The highest BCUT2D eigenvalue weighted by molar-refractivity contribution is 7.21. The predicted molar refractivity (Wildman–Crippen MR) is 118 cm³/mol. The van der Waals surface area contributed by atoms with Crippen LogP contribution in [-0.2, 0) is 12.8 Å². The van der Waals surface area contributed by atoms with Crippen LogP contribution in [0.5, 0.6) is 0 Å². The highest BCUT2D eigenvalue weighted by atomic mass is 35.5. The molecular weight excluding hydrogens is 406 g/mol. The van der Waals surface area contributed by atoms with Gasteiger partial charge in [0.1, 0.15) is 4.88 Å². The van der Waals surface area contributed by atoms with Gasteiger partial charge in [0.25, 0.3) is 5.91 Å². The van der Waals surface area contributed by atoms with E-state index in [9.17, 15) is 4.79 Å². The lowest BCUT2D eigenvalue weighted by atomic mass is 9.98. The molecule has 2 aromatic carbocycles. The molecule has 0 saturated heterocycles. The van der Waals surface area contributed by atoms with Crippen molar-refractivity contribution in [3.63, 3.8) is 0 Å². The second kappa shape index (κ2) is 7.97. The quantitative estimate of drug-likeness (QED) is 0.408. The summed E-state index contributed by atoms with van der Waals surface area (Å²) in [4.78, 5) is 13.4. The standard InChI is InChI=1S/C22H20ClN3O2S/c1-4-13-7-8-14(5-2)16(11-13)19-21(26-28-25-19)24-22(27)20-18(23)15-9-6-12(3)10-17(15)29-20/h6-11H,4-5H2,1-3H3,(H,24,26,27). The van der Waals surface area contributed by atoms with Crippen molar-refractivity contribution >= 4 is 44.7 Å². The minimum Gasteiger partial charge on any atom is -0.301 e. The number of thiophene rings is 1. The summed E-state index contributed by atoms with van der Waals surface area (Å²) < 4.78 is 5.95. The summed E-state index contributed by atoms with van der Waals surface area (Å²) in [6.07, 6.45) is 1.74. The zero-order chi connectivity index (χ0) is 20.5. The van der Waals surface area contributed by atoms with Crippen LogP contribution < -0.4 is 5.32 Å². The lowest BCUT2D eigenvalue weighted by molar-refractivity contribution is 0.102. The van der Waals surface area contributed by atoms with Gasteiger partial charge in [0, 0.05) is 15.6 Å². The van der Waals surface area contributed by atoms with Crippen LogP contribution in [0.15, 0.2) is 41.0 Å². The second-order valence-electron chi connectivity index (χ2n) is 6.86. The number of aromatic nitrogens is 2. The van der Waals surface area contributed by atoms with Crippen molar-refractivity contribution < 1.29 is 9.42 Å². The first kappa shape index (κ1) is 19.6. The van der Waals surface area contributed by atoms with E-state index in [2.05, 4.69) is 47.7 Å². The Morgan fingerprint density at radius 3 is 2.72 bits per heavy atom. The molecule has 0 fully saturated rings. The van der Waals surface area contributed by atoms with Crippen LogP contribution in [0.3, 0.4) is 0 Å². The maximum atomic E-state index is 13.0. The van der Waals surface area contributed by atoms with Crippen molar-refractivity contribution in [3.8, 4) is 11.3 Å². The molecule has 1 N–H and O–H groups in total. The van der Waals surface area contributed by atoms with Crippen LogP contribution in [-0.4, -0.2) is 16.2 Å². The van der Waals surface area contributed by atoms with Gasteiger partial charge in [0.2, 0.25) is 5.82 Å². The SMILES string of the molecule is CCc1ccc(CC)c(-c2nonc2NC(=O)c2sc3cc(C)ccc3c2Cl)c1. The molecule has 0 atom stereocenters. The number of carbonyl (C=O) groups is 1. The molecule has 0 spiro atoms. The first-order valence-corrected chi connectivity index (χ1v) is 10.7. The lowest BCUT2D eigenvalue weighted by Crippen LogP contribution is -2.12. The van der Waals surface area contributed by atoms with Gasteiger partial charge in [-0.15, -0.1) is 11.3 Å². The van der Waals surface area contributed by atoms with E-state index in [1.54, 1.807) is 0 Å². The van der Waals surface area contributed by atoms with Crippen molar-refractivity contribution in [2.45, 2.75) is 33.6 Å². The maximum absolute atomic E-state index is 13.0. The molecular formula is C22H20ClN3O2S. The zero-order valence-corrected chi connectivity index (χ0v) is 17.9. The molecule has 4 aromatic rings. The van der Waals surface area contributed by atoms with Crippen LogP contribution in [0.2, 0.25) is 5.02 Å². The van der Waals surface area contributed by atoms with Crippen molar-refractivity contribution in [3.05, 3.63) is 63.0 Å². The fourth-order valence-corrected chi connectivity index (χ4v) is 4.81. The number of benzene rings is 2. The Labute approximate surface area is 177 Å². The topological polar surface area (TPSA) is 68.0 Å². The van der Waals surface area contributed by atoms with Crippen molar-refractivity contribution in [2.24, 2.45) is 0 Å². The van der Waals surface area contributed by atoms with E-state index in [4.69, 9.17) is 16.2 Å². The summed E-state index contributed by atoms with van der Waals surface area (Å²) in [5.74, 6) is -0.0295. The molecule has 29 heavy (non-hydrogen) atoms. The smallest absolute Gasteiger partial charge is 0.268 e.